The van der Waals surface area contributed by atoms with Gasteiger partial charge in [0.15, 0.2) is 5.65 Å². The number of carbonyl (C=O) groups is 1. The average molecular weight is 552 g/mol. The van der Waals surface area contributed by atoms with Crippen molar-refractivity contribution in [1.29, 1.82) is 0 Å². The number of benzene rings is 2. The fourth-order valence-corrected chi connectivity index (χ4v) is 4.96. The molecule has 2 atom stereocenters. The summed E-state index contributed by atoms with van der Waals surface area (Å²) in [5, 5.41) is 37.3. The molecule has 5 rings (SSSR count). The Bertz CT molecular complexity index is 1520. The number of aliphatic hydroxyl groups is 2. The van der Waals surface area contributed by atoms with Crippen molar-refractivity contribution >= 4 is 23.1 Å². The molecule has 1 aliphatic rings. The molecule has 9 heteroatoms. The van der Waals surface area contributed by atoms with Crippen LogP contribution in [-0.4, -0.2) is 43.2 Å². The number of fused-ring (bicyclic) bond motifs is 1. The third-order valence-corrected chi connectivity index (χ3v) is 6.96. The molecule has 2 heterocycles. The van der Waals surface area contributed by atoms with Crippen molar-refractivity contribution in [3.05, 3.63) is 83.4 Å². The Balaban J connectivity index is 0.00000370. The van der Waals surface area contributed by atoms with Crippen molar-refractivity contribution in [3.8, 4) is 16.8 Å². The minimum atomic E-state index is -1.38. The Hall–Kier alpha value is -2.88. The summed E-state index contributed by atoms with van der Waals surface area (Å²) >= 11 is 0. The Morgan fingerprint density at radius 1 is 1.12 bits per heavy atom. The molecule has 0 spiro atoms. The Morgan fingerprint density at radius 2 is 1.80 bits per heavy atom. The van der Waals surface area contributed by atoms with E-state index in [9.17, 15) is 24.5 Å². The van der Waals surface area contributed by atoms with Crippen molar-refractivity contribution in [2.24, 2.45) is 0 Å². The molecule has 1 saturated carbocycles. The second-order valence-electron chi connectivity index (χ2n) is 10.4. The number of carboxylic acid groups (broad SMARTS) is 1. The van der Waals surface area contributed by atoms with E-state index >= 15 is 0 Å². The first-order valence-corrected chi connectivity index (χ1v) is 13.2. The second kappa shape index (κ2) is 12.7. The zero-order valence-corrected chi connectivity index (χ0v) is 24.9. The van der Waals surface area contributed by atoms with Crippen LogP contribution in [0.4, 0.5) is 4.39 Å². The van der Waals surface area contributed by atoms with E-state index in [1.54, 1.807) is 24.3 Å². The van der Waals surface area contributed by atoms with Crippen LogP contribution in [0.2, 0.25) is 0 Å². The van der Waals surface area contributed by atoms with Gasteiger partial charge in [0.1, 0.15) is 5.82 Å². The fraction of sp³-hybridized carbons (Fsp3) is 0.323. The maximum atomic E-state index is 14.0. The molecule has 0 saturated heterocycles. The SMILES string of the molecule is CC(C)c1nc2c(c(C3CC3)nn2-c2ccccc2)c(-c2ccc(F)cc2)c1/C=C/[C@@H](O)C[C@@H](O)CC(=O)[O-].[Na+]. The van der Waals surface area contributed by atoms with Crippen LogP contribution in [0.25, 0.3) is 33.9 Å². The first-order valence-electron chi connectivity index (χ1n) is 13.2. The van der Waals surface area contributed by atoms with Gasteiger partial charge in [0.05, 0.1) is 34.7 Å². The first kappa shape index (κ1) is 30.1. The molecule has 2 aromatic heterocycles. The Labute approximate surface area is 254 Å². The molecular formula is C31H31FN3NaO4. The van der Waals surface area contributed by atoms with Gasteiger partial charge < -0.3 is 20.1 Å². The second-order valence-corrected chi connectivity index (χ2v) is 10.4. The maximum absolute atomic E-state index is 14.0. The van der Waals surface area contributed by atoms with Gasteiger partial charge in [-0.15, -0.1) is 0 Å². The van der Waals surface area contributed by atoms with Gasteiger partial charge in [-0.1, -0.05) is 56.3 Å². The van der Waals surface area contributed by atoms with Crippen molar-refractivity contribution in [2.45, 2.75) is 63.6 Å². The third kappa shape index (κ3) is 6.53. The minimum absolute atomic E-state index is 0. The largest absolute Gasteiger partial charge is 1.00 e. The Kier molecular flexibility index (Phi) is 9.59. The van der Waals surface area contributed by atoms with Crippen molar-refractivity contribution in [3.63, 3.8) is 0 Å². The summed E-state index contributed by atoms with van der Waals surface area (Å²) in [7, 11) is 0. The van der Waals surface area contributed by atoms with Crippen molar-refractivity contribution in [2.75, 3.05) is 0 Å². The monoisotopic (exact) mass is 551 g/mol. The number of carboxylic acids is 1. The van der Waals surface area contributed by atoms with E-state index in [-0.39, 0.29) is 47.7 Å². The molecule has 7 nitrogen and oxygen atoms in total. The van der Waals surface area contributed by atoms with E-state index in [0.717, 1.165) is 52.0 Å². The topological polar surface area (TPSA) is 111 Å². The molecule has 2 N–H and O–H groups in total. The zero-order chi connectivity index (χ0) is 27.7. The van der Waals surface area contributed by atoms with Crippen LogP contribution in [-0.2, 0) is 4.79 Å². The number of nitrogens with zero attached hydrogens (tertiary/aromatic N) is 3. The van der Waals surface area contributed by atoms with E-state index in [2.05, 4.69) is 0 Å². The number of hydrogen-bond donors (Lipinski definition) is 2. The van der Waals surface area contributed by atoms with E-state index in [0.29, 0.717) is 11.6 Å². The normalized spacial score (nSPS) is 14.9. The van der Waals surface area contributed by atoms with Crippen LogP contribution >= 0.6 is 0 Å². The summed E-state index contributed by atoms with van der Waals surface area (Å²) in [6.07, 6.45) is 2.33. The summed E-state index contributed by atoms with van der Waals surface area (Å²) in [4.78, 5) is 15.9. The quantitative estimate of drug-likeness (QED) is 0.289. The molecular weight excluding hydrogens is 520 g/mol. The summed E-state index contributed by atoms with van der Waals surface area (Å²) < 4.78 is 15.9. The maximum Gasteiger partial charge on any atom is 1.00 e. The van der Waals surface area contributed by atoms with Gasteiger partial charge in [0.25, 0.3) is 0 Å². The molecule has 40 heavy (non-hydrogen) atoms. The summed E-state index contributed by atoms with van der Waals surface area (Å²) in [6.45, 7) is 4.07. The number of halogens is 1. The Morgan fingerprint density at radius 3 is 2.40 bits per heavy atom. The fourth-order valence-electron chi connectivity index (χ4n) is 4.96. The number of para-hydroxylation sites is 1. The average Bonchev–Trinajstić information content (AvgIpc) is 3.67. The van der Waals surface area contributed by atoms with Crippen molar-refractivity contribution < 1.29 is 54.1 Å². The number of rotatable bonds is 10. The zero-order valence-electron chi connectivity index (χ0n) is 22.9. The van der Waals surface area contributed by atoms with Gasteiger partial charge in [-0.05, 0) is 48.6 Å². The van der Waals surface area contributed by atoms with Gasteiger partial charge in [-0.2, -0.15) is 5.10 Å². The molecule has 0 radical (unpaired) electrons. The van der Waals surface area contributed by atoms with Gasteiger partial charge >= 0.3 is 29.6 Å². The molecule has 202 valence electrons. The molecule has 1 fully saturated rings. The number of aliphatic carboxylic acids is 1. The molecule has 0 bridgehead atoms. The smallest absolute Gasteiger partial charge is 0.550 e. The van der Waals surface area contributed by atoms with Crippen LogP contribution in [0.1, 0.15) is 68.3 Å². The third-order valence-electron chi connectivity index (χ3n) is 6.96. The predicted molar refractivity (Wildman–Crippen MR) is 146 cm³/mol. The first-order chi connectivity index (χ1) is 18.7. The summed E-state index contributed by atoms with van der Waals surface area (Å²) in [5.41, 5.74) is 5.75. The number of hydrogen-bond acceptors (Lipinski definition) is 6. The minimum Gasteiger partial charge on any atom is -0.550 e. The molecule has 0 aliphatic heterocycles. The van der Waals surface area contributed by atoms with Crippen LogP contribution in [0.3, 0.4) is 0 Å². The van der Waals surface area contributed by atoms with Gasteiger partial charge in [-0.3, -0.25) is 0 Å². The van der Waals surface area contributed by atoms with Crippen molar-refractivity contribution in [1.82, 2.24) is 14.8 Å². The van der Waals surface area contributed by atoms with E-state index in [1.807, 2.05) is 48.9 Å². The number of aliphatic hydroxyl groups excluding tert-OH is 2. The summed E-state index contributed by atoms with van der Waals surface area (Å²) in [6, 6.07) is 16.2. The van der Waals surface area contributed by atoms with Crippen LogP contribution in [0.15, 0.2) is 60.7 Å². The number of pyridine rings is 1. The predicted octanol–water partition coefficient (Wildman–Crippen LogP) is 1.50. The van der Waals surface area contributed by atoms with Gasteiger partial charge in [0.2, 0.25) is 0 Å². The summed E-state index contributed by atoms with van der Waals surface area (Å²) in [5.74, 6) is -1.43. The van der Waals surface area contributed by atoms with Gasteiger partial charge in [0, 0.05) is 35.9 Å². The standard InChI is InChI=1S/C31H32FN3O4.Na/c1-18(2)29-25(15-14-23(36)16-24(37)17-26(38)39)27(19-10-12-21(32)13-11-19)28-30(20-8-9-20)34-35(31(28)33-29)22-6-4-3-5-7-22;/h3-7,10-15,18,20,23-24,36-37H,8-9,16-17H2,1-2H3,(H,38,39);/q;+1/p-1/b15-14+;/t23-,24-;/m1./s1. The van der Waals surface area contributed by atoms with Crippen LogP contribution in [0.5, 0.6) is 0 Å². The van der Waals surface area contributed by atoms with Crippen LogP contribution in [0, 0.1) is 5.82 Å². The molecule has 4 aromatic rings. The number of carbonyl (C=O) groups excluding carboxylic acids is 1. The molecule has 0 amide bonds. The van der Waals surface area contributed by atoms with E-state index in [4.69, 9.17) is 10.1 Å². The molecule has 1 aliphatic carbocycles. The van der Waals surface area contributed by atoms with Gasteiger partial charge in [-0.25, -0.2) is 14.1 Å². The van der Waals surface area contributed by atoms with E-state index < -0.39 is 24.6 Å². The molecule has 2 aromatic carbocycles. The molecule has 0 unspecified atom stereocenters. The van der Waals surface area contributed by atoms with Crippen LogP contribution < -0.4 is 34.7 Å². The number of aromatic nitrogens is 3. The van der Waals surface area contributed by atoms with E-state index in [1.165, 1.54) is 12.1 Å².